The van der Waals surface area contributed by atoms with Crippen LogP contribution in [-0.4, -0.2) is 17.0 Å². The van der Waals surface area contributed by atoms with Crippen LogP contribution in [0.15, 0.2) is 52.5 Å². The zero-order valence-corrected chi connectivity index (χ0v) is 14.6. The topological polar surface area (TPSA) is 79.5 Å². The molecule has 3 aromatic rings. The average molecular weight is 376 g/mol. The van der Waals surface area contributed by atoms with Gasteiger partial charge in [0.2, 0.25) is 5.91 Å². The number of carbonyl (C=O) groups excluding carboxylic acids is 1. The molecule has 128 valence electrons. The summed E-state index contributed by atoms with van der Waals surface area (Å²) in [5, 5.41) is 14.4. The number of anilines is 1. The van der Waals surface area contributed by atoms with E-state index in [2.05, 4.69) is 5.32 Å². The van der Waals surface area contributed by atoms with Gasteiger partial charge in [0.15, 0.2) is 0 Å². The summed E-state index contributed by atoms with van der Waals surface area (Å²) in [6, 6.07) is 10.5. The quantitative estimate of drug-likeness (QED) is 0.640. The lowest BCUT2D eigenvalue weighted by Crippen LogP contribution is -2.14. The second kappa shape index (κ2) is 7.55. The fourth-order valence-electron chi connectivity index (χ4n) is 2.38. The van der Waals surface area contributed by atoms with Gasteiger partial charge in [-0.25, -0.2) is 4.79 Å². The SMILES string of the molecule is O=C(CCc1ccco1)Nc1csc(-c2ccc(Cl)cc2)c1C(=O)O. The summed E-state index contributed by atoms with van der Waals surface area (Å²) in [5.74, 6) is -0.646. The number of carbonyl (C=O) groups is 2. The highest BCUT2D eigenvalue weighted by Crippen LogP contribution is 2.36. The van der Waals surface area contributed by atoms with Gasteiger partial charge in [0.1, 0.15) is 11.3 Å². The number of benzene rings is 1. The molecule has 1 amide bonds. The summed E-state index contributed by atoms with van der Waals surface area (Å²) in [5.41, 5.74) is 1.12. The highest BCUT2D eigenvalue weighted by atomic mass is 35.5. The molecule has 0 aliphatic heterocycles. The van der Waals surface area contributed by atoms with Gasteiger partial charge in [0.25, 0.3) is 0 Å². The Morgan fingerprint density at radius 2 is 1.96 bits per heavy atom. The van der Waals surface area contributed by atoms with Crippen LogP contribution in [0.4, 0.5) is 5.69 Å². The summed E-state index contributed by atoms with van der Waals surface area (Å²) in [6.45, 7) is 0. The van der Waals surface area contributed by atoms with Crippen molar-refractivity contribution in [2.24, 2.45) is 0 Å². The second-order valence-electron chi connectivity index (χ2n) is 5.29. The van der Waals surface area contributed by atoms with E-state index in [0.717, 1.165) is 5.56 Å². The van der Waals surface area contributed by atoms with E-state index in [9.17, 15) is 14.7 Å². The highest BCUT2D eigenvalue weighted by molar-refractivity contribution is 7.14. The molecule has 5 nitrogen and oxygen atoms in total. The molecule has 0 saturated heterocycles. The lowest BCUT2D eigenvalue weighted by Gasteiger charge is -2.06. The molecule has 0 atom stereocenters. The Labute approximate surface area is 152 Å². The van der Waals surface area contributed by atoms with Crippen molar-refractivity contribution in [3.05, 3.63) is 64.4 Å². The average Bonchev–Trinajstić information content (AvgIpc) is 3.23. The van der Waals surface area contributed by atoms with Gasteiger partial charge in [-0.1, -0.05) is 23.7 Å². The Morgan fingerprint density at radius 1 is 1.20 bits per heavy atom. The second-order valence-corrected chi connectivity index (χ2v) is 6.61. The van der Waals surface area contributed by atoms with Gasteiger partial charge in [-0.2, -0.15) is 0 Å². The van der Waals surface area contributed by atoms with Crippen LogP contribution in [0.2, 0.25) is 5.02 Å². The predicted molar refractivity (Wildman–Crippen MR) is 97.4 cm³/mol. The molecular formula is C18H14ClNO4S. The molecule has 0 saturated carbocycles. The monoisotopic (exact) mass is 375 g/mol. The molecule has 0 aliphatic rings. The van der Waals surface area contributed by atoms with Gasteiger partial charge < -0.3 is 14.8 Å². The largest absolute Gasteiger partial charge is 0.478 e. The number of rotatable bonds is 6. The molecule has 0 fully saturated rings. The van der Waals surface area contributed by atoms with Crippen molar-refractivity contribution in [2.45, 2.75) is 12.8 Å². The number of hydrogen-bond acceptors (Lipinski definition) is 4. The third-order valence-corrected chi connectivity index (χ3v) is 4.85. The van der Waals surface area contributed by atoms with Crippen molar-refractivity contribution >= 4 is 40.5 Å². The fraction of sp³-hybridized carbons (Fsp3) is 0.111. The Kier molecular flexibility index (Phi) is 5.21. The van der Waals surface area contributed by atoms with E-state index in [1.54, 1.807) is 48.0 Å². The van der Waals surface area contributed by atoms with Crippen molar-refractivity contribution in [3.63, 3.8) is 0 Å². The summed E-state index contributed by atoms with van der Waals surface area (Å²) in [6.07, 6.45) is 2.21. The van der Waals surface area contributed by atoms with E-state index in [4.69, 9.17) is 16.0 Å². The zero-order chi connectivity index (χ0) is 17.8. The lowest BCUT2D eigenvalue weighted by molar-refractivity contribution is -0.116. The number of carboxylic acids is 1. The molecule has 0 spiro atoms. The van der Waals surface area contributed by atoms with Gasteiger partial charge in [0, 0.05) is 23.2 Å². The Bertz CT molecular complexity index is 884. The van der Waals surface area contributed by atoms with E-state index in [0.29, 0.717) is 27.8 Å². The van der Waals surface area contributed by atoms with Crippen molar-refractivity contribution in [1.29, 1.82) is 0 Å². The van der Waals surface area contributed by atoms with Gasteiger partial charge in [-0.3, -0.25) is 4.79 Å². The number of hydrogen-bond donors (Lipinski definition) is 2. The Balaban J connectivity index is 1.78. The number of amides is 1. The van der Waals surface area contributed by atoms with Crippen molar-refractivity contribution in [1.82, 2.24) is 0 Å². The van der Waals surface area contributed by atoms with E-state index < -0.39 is 5.97 Å². The molecule has 0 aliphatic carbocycles. The van der Waals surface area contributed by atoms with Crippen LogP contribution in [0, 0.1) is 0 Å². The molecule has 3 rings (SSSR count). The highest BCUT2D eigenvalue weighted by Gasteiger charge is 2.21. The number of aromatic carboxylic acids is 1. The number of aryl methyl sites for hydroxylation is 1. The molecule has 7 heteroatoms. The molecule has 2 N–H and O–H groups in total. The first kappa shape index (κ1) is 17.3. The molecule has 25 heavy (non-hydrogen) atoms. The minimum atomic E-state index is -1.09. The summed E-state index contributed by atoms with van der Waals surface area (Å²) >= 11 is 7.14. The van der Waals surface area contributed by atoms with Crippen molar-refractivity contribution in [2.75, 3.05) is 5.32 Å². The number of halogens is 1. The summed E-state index contributed by atoms with van der Waals surface area (Å²) in [4.78, 5) is 24.4. The fourth-order valence-corrected chi connectivity index (χ4v) is 3.51. The molecule has 2 heterocycles. The van der Waals surface area contributed by atoms with Crippen LogP contribution in [-0.2, 0) is 11.2 Å². The van der Waals surface area contributed by atoms with Crippen LogP contribution in [0.25, 0.3) is 10.4 Å². The standard InChI is InChI=1S/C18H14ClNO4S/c19-12-5-3-11(4-6-12)17-16(18(22)23)14(10-25-17)20-15(21)8-7-13-2-1-9-24-13/h1-6,9-10H,7-8H2,(H,20,21)(H,22,23). The maximum atomic E-state index is 12.1. The van der Waals surface area contributed by atoms with Gasteiger partial charge in [-0.05, 0) is 29.8 Å². The molecular weight excluding hydrogens is 362 g/mol. The maximum Gasteiger partial charge on any atom is 0.339 e. The van der Waals surface area contributed by atoms with Crippen LogP contribution in [0.1, 0.15) is 22.5 Å². The van der Waals surface area contributed by atoms with E-state index in [1.165, 1.54) is 11.3 Å². The first-order valence-electron chi connectivity index (χ1n) is 7.47. The Morgan fingerprint density at radius 3 is 2.60 bits per heavy atom. The van der Waals surface area contributed by atoms with Crippen LogP contribution in [0.5, 0.6) is 0 Å². The first-order chi connectivity index (χ1) is 12.0. The van der Waals surface area contributed by atoms with E-state index in [-0.39, 0.29) is 17.9 Å². The molecule has 0 radical (unpaired) electrons. The van der Waals surface area contributed by atoms with Gasteiger partial charge in [-0.15, -0.1) is 11.3 Å². The lowest BCUT2D eigenvalue weighted by atomic mass is 10.1. The molecule has 1 aromatic carbocycles. The minimum Gasteiger partial charge on any atom is -0.478 e. The van der Waals surface area contributed by atoms with Crippen LogP contribution >= 0.6 is 22.9 Å². The first-order valence-corrected chi connectivity index (χ1v) is 8.73. The smallest absolute Gasteiger partial charge is 0.339 e. The maximum absolute atomic E-state index is 12.1. The van der Waals surface area contributed by atoms with Crippen molar-refractivity contribution in [3.8, 4) is 10.4 Å². The number of furan rings is 1. The van der Waals surface area contributed by atoms with E-state index in [1.807, 2.05) is 0 Å². The number of carboxylic acid groups (broad SMARTS) is 1. The number of nitrogens with one attached hydrogen (secondary N) is 1. The van der Waals surface area contributed by atoms with Gasteiger partial charge in [0.05, 0.1) is 16.8 Å². The summed E-state index contributed by atoms with van der Waals surface area (Å²) in [7, 11) is 0. The summed E-state index contributed by atoms with van der Waals surface area (Å²) < 4.78 is 5.18. The minimum absolute atomic E-state index is 0.0821. The predicted octanol–water partition coefficient (Wildman–Crippen LogP) is 4.93. The van der Waals surface area contributed by atoms with Crippen molar-refractivity contribution < 1.29 is 19.1 Å². The van der Waals surface area contributed by atoms with Crippen LogP contribution < -0.4 is 5.32 Å². The third kappa shape index (κ3) is 4.10. The number of thiophene rings is 1. The normalized spacial score (nSPS) is 10.6. The Hall–Kier alpha value is -2.57. The zero-order valence-electron chi connectivity index (χ0n) is 13.0. The van der Waals surface area contributed by atoms with Crippen LogP contribution in [0.3, 0.4) is 0 Å². The molecule has 2 aromatic heterocycles. The van der Waals surface area contributed by atoms with E-state index >= 15 is 0 Å². The molecule has 0 unspecified atom stereocenters. The third-order valence-electron chi connectivity index (χ3n) is 3.56. The van der Waals surface area contributed by atoms with Gasteiger partial charge >= 0.3 is 5.97 Å². The molecule has 0 bridgehead atoms.